The zero-order chi connectivity index (χ0) is 18.4. The molecule has 8 heteroatoms. The number of likely N-dealkylation sites (N-methyl/N-ethyl adjacent to an activating group) is 2. The van der Waals surface area contributed by atoms with Gasteiger partial charge in [-0.25, -0.2) is 4.39 Å². The minimum atomic E-state index is -0.734. The highest BCUT2D eigenvalue weighted by molar-refractivity contribution is 5.83. The van der Waals surface area contributed by atoms with Crippen molar-refractivity contribution >= 4 is 5.91 Å². The number of carbonyl (C=O) groups excluding carboxylic acids is 1. The summed E-state index contributed by atoms with van der Waals surface area (Å²) in [7, 11) is 6.69. The minimum Gasteiger partial charge on any atom is -0.384 e. The normalized spacial score (nSPS) is 12.4. The largest absolute Gasteiger partial charge is 0.384 e. The molecule has 0 N–H and O–H groups in total. The Morgan fingerprint density at radius 2 is 2.04 bits per heavy atom. The summed E-state index contributed by atoms with van der Waals surface area (Å²) in [5.74, 6) is 0.179. The fraction of sp³-hybridized carbons (Fsp3) is 0.471. The fourth-order valence-electron chi connectivity index (χ4n) is 2.47. The highest BCUT2D eigenvalue weighted by Gasteiger charge is 2.29. The molecule has 25 heavy (non-hydrogen) atoms. The number of rotatable bonds is 8. The van der Waals surface area contributed by atoms with Crippen LogP contribution in [-0.2, 0) is 22.5 Å². The van der Waals surface area contributed by atoms with Crippen LogP contribution in [0, 0.1) is 5.82 Å². The van der Waals surface area contributed by atoms with Gasteiger partial charge in [-0.1, -0.05) is 23.4 Å². The Kier molecular flexibility index (Phi) is 6.60. The summed E-state index contributed by atoms with van der Waals surface area (Å²) < 4.78 is 24.2. The van der Waals surface area contributed by atoms with E-state index >= 15 is 0 Å². The van der Waals surface area contributed by atoms with Crippen molar-refractivity contribution < 1.29 is 18.4 Å². The number of halogens is 1. The molecule has 0 saturated heterocycles. The Labute approximate surface area is 146 Å². The van der Waals surface area contributed by atoms with Gasteiger partial charge in [-0.3, -0.25) is 9.69 Å². The highest BCUT2D eigenvalue weighted by Crippen LogP contribution is 2.23. The fourth-order valence-corrected chi connectivity index (χ4v) is 2.47. The lowest BCUT2D eigenvalue weighted by molar-refractivity contribution is -0.136. The third kappa shape index (κ3) is 4.83. The molecule has 1 atom stereocenters. The number of ether oxygens (including phenoxy) is 1. The standard InChI is InChI=1S/C17H23FN4O3/c1-21(2)16(12-7-5-6-8-13(12)18)17(23)22(3)11-15-19-14(20-25-15)9-10-24-4/h5-8,16H,9-11H2,1-4H3/t16-/m1/s1. The monoisotopic (exact) mass is 350 g/mol. The van der Waals surface area contributed by atoms with Crippen LogP contribution in [0.1, 0.15) is 23.3 Å². The number of benzene rings is 1. The van der Waals surface area contributed by atoms with Crippen LogP contribution in [0.4, 0.5) is 4.39 Å². The molecule has 1 aromatic heterocycles. The first kappa shape index (κ1) is 19.0. The van der Waals surface area contributed by atoms with Gasteiger partial charge in [-0.05, 0) is 20.2 Å². The molecular weight excluding hydrogens is 327 g/mol. The maximum atomic E-state index is 14.1. The van der Waals surface area contributed by atoms with Crippen LogP contribution in [0.25, 0.3) is 0 Å². The van der Waals surface area contributed by atoms with Gasteiger partial charge in [-0.15, -0.1) is 0 Å². The van der Waals surface area contributed by atoms with Crippen LogP contribution in [0.2, 0.25) is 0 Å². The molecule has 0 unspecified atom stereocenters. The average molecular weight is 350 g/mol. The lowest BCUT2D eigenvalue weighted by Gasteiger charge is -2.28. The second kappa shape index (κ2) is 8.68. The molecule has 1 heterocycles. The van der Waals surface area contributed by atoms with Crippen molar-refractivity contribution in [2.45, 2.75) is 19.0 Å². The molecule has 2 aromatic rings. The van der Waals surface area contributed by atoms with E-state index in [0.29, 0.717) is 30.3 Å². The lowest BCUT2D eigenvalue weighted by Crippen LogP contribution is -2.38. The predicted molar refractivity (Wildman–Crippen MR) is 89.2 cm³/mol. The van der Waals surface area contributed by atoms with Crippen molar-refractivity contribution in [2.24, 2.45) is 0 Å². The molecule has 0 bridgehead atoms. The van der Waals surface area contributed by atoms with Crippen molar-refractivity contribution in [2.75, 3.05) is 34.9 Å². The first-order valence-corrected chi connectivity index (χ1v) is 7.90. The number of methoxy groups -OCH3 is 1. The van der Waals surface area contributed by atoms with Crippen LogP contribution in [0.15, 0.2) is 28.8 Å². The lowest BCUT2D eigenvalue weighted by atomic mass is 10.0. The van der Waals surface area contributed by atoms with Gasteiger partial charge in [0, 0.05) is 26.1 Å². The summed E-state index contributed by atoms with van der Waals surface area (Å²) in [6, 6.07) is 5.53. The van der Waals surface area contributed by atoms with Gasteiger partial charge in [0.1, 0.15) is 11.9 Å². The molecule has 1 amide bonds. The van der Waals surface area contributed by atoms with Crippen molar-refractivity contribution in [1.82, 2.24) is 19.9 Å². The summed E-state index contributed by atoms with van der Waals surface area (Å²) >= 11 is 0. The molecule has 1 aromatic carbocycles. The SMILES string of the molecule is COCCc1noc(CN(C)C(=O)[C@@H](c2ccccc2F)N(C)C)n1. The van der Waals surface area contributed by atoms with E-state index < -0.39 is 11.9 Å². The Balaban J connectivity index is 2.11. The van der Waals surface area contributed by atoms with E-state index in [1.165, 1.54) is 11.0 Å². The zero-order valence-electron chi connectivity index (χ0n) is 14.9. The van der Waals surface area contributed by atoms with Crippen molar-refractivity contribution in [3.05, 3.63) is 47.4 Å². The maximum Gasteiger partial charge on any atom is 0.246 e. The van der Waals surface area contributed by atoms with E-state index in [1.54, 1.807) is 51.4 Å². The third-order valence-corrected chi connectivity index (χ3v) is 3.74. The average Bonchev–Trinajstić information content (AvgIpc) is 3.01. The molecule has 0 aliphatic carbocycles. The van der Waals surface area contributed by atoms with Gasteiger partial charge in [-0.2, -0.15) is 4.98 Å². The van der Waals surface area contributed by atoms with Crippen molar-refractivity contribution in [1.29, 1.82) is 0 Å². The molecular formula is C17H23FN4O3. The quantitative estimate of drug-likeness (QED) is 0.721. The van der Waals surface area contributed by atoms with Crippen LogP contribution < -0.4 is 0 Å². The van der Waals surface area contributed by atoms with Gasteiger partial charge >= 0.3 is 0 Å². The zero-order valence-corrected chi connectivity index (χ0v) is 14.9. The second-order valence-corrected chi connectivity index (χ2v) is 5.93. The van der Waals surface area contributed by atoms with Crippen molar-refractivity contribution in [3.8, 4) is 0 Å². The molecule has 0 aliphatic heterocycles. The van der Waals surface area contributed by atoms with E-state index in [0.717, 1.165) is 0 Å². The number of amides is 1. The molecule has 0 aliphatic rings. The molecule has 2 rings (SSSR count). The maximum absolute atomic E-state index is 14.1. The Morgan fingerprint density at radius 1 is 1.32 bits per heavy atom. The molecule has 0 radical (unpaired) electrons. The van der Waals surface area contributed by atoms with E-state index in [-0.39, 0.29) is 12.5 Å². The van der Waals surface area contributed by atoms with Crippen LogP contribution in [0.3, 0.4) is 0 Å². The van der Waals surface area contributed by atoms with E-state index in [2.05, 4.69) is 10.1 Å². The van der Waals surface area contributed by atoms with Gasteiger partial charge in [0.2, 0.25) is 11.8 Å². The summed E-state index contributed by atoms with van der Waals surface area (Å²) in [4.78, 5) is 20.2. The Hall–Kier alpha value is -2.32. The van der Waals surface area contributed by atoms with E-state index in [9.17, 15) is 9.18 Å². The Bertz CT molecular complexity index is 705. The highest BCUT2D eigenvalue weighted by atomic mass is 19.1. The second-order valence-electron chi connectivity index (χ2n) is 5.93. The number of carbonyl (C=O) groups is 1. The van der Waals surface area contributed by atoms with Gasteiger partial charge in [0.05, 0.1) is 13.2 Å². The topological polar surface area (TPSA) is 71.7 Å². The van der Waals surface area contributed by atoms with Gasteiger partial charge in [0.25, 0.3) is 0 Å². The third-order valence-electron chi connectivity index (χ3n) is 3.74. The molecule has 136 valence electrons. The summed E-state index contributed by atoms with van der Waals surface area (Å²) in [5.41, 5.74) is 0.329. The van der Waals surface area contributed by atoms with Crippen molar-refractivity contribution in [3.63, 3.8) is 0 Å². The summed E-state index contributed by atoms with van der Waals surface area (Å²) in [6.07, 6.45) is 0.535. The van der Waals surface area contributed by atoms with E-state index in [1.807, 2.05) is 0 Å². The van der Waals surface area contributed by atoms with E-state index in [4.69, 9.17) is 9.26 Å². The van der Waals surface area contributed by atoms with Crippen LogP contribution >= 0.6 is 0 Å². The van der Waals surface area contributed by atoms with Gasteiger partial charge < -0.3 is 14.2 Å². The van der Waals surface area contributed by atoms with Gasteiger partial charge in [0.15, 0.2) is 5.82 Å². The molecule has 0 saturated carbocycles. The molecule has 7 nitrogen and oxygen atoms in total. The summed E-state index contributed by atoms with van der Waals surface area (Å²) in [5, 5.41) is 3.84. The first-order valence-electron chi connectivity index (χ1n) is 7.90. The molecule has 0 spiro atoms. The van der Waals surface area contributed by atoms with Crippen LogP contribution in [0.5, 0.6) is 0 Å². The smallest absolute Gasteiger partial charge is 0.246 e. The number of hydrogen-bond acceptors (Lipinski definition) is 6. The predicted octanol–water partition coefficient (Wildman–Crippen LogP) is 1.66. The number of hydrogen-bond donors (Lipinski definition) is 0. The first-order chi connectivity index (χ1) is 11.9. The number of nitrogens with zero attached hydrogens (tertiary/aromatic N) is 4. The Morgan fingerprint density at radius 3 is 2.68 bits per heavy atom. The van der Waals surface area contributed by atoms with Crippen LogP contribution in [-0.4, -0.2) is 60.7 Å². The molecule has 0 fully saturated rings. The minimum absolute atomic E-state index is 0.150. The number of aromatic nitrogens is 2. The summed E-state index contributed by atoms with van der Waals surface area (Å²) in [6.45, 7) is 0.640.